The third-order valence-corrected chi connectivity index (χ3v) is 3.48. The maximum atomic E-state index is 4.27. The van der Waals surface area contributed by atoms with Crippen LogP contribution in [-0.4, -0.2) is 39.1 Å². The van der Waals surface area contributed by atoms with E-state index in [1.54, 1.807) is 0 Å². The average molecular weight is 230 g/mol. The fraction of sp³-hybridized carbons (Fsp3) is 0.538. The molecule has 4 nitrogen and oxygen atoms in total. The molecule has 1 aliphatic heterocycles. The third-order valence-electron chi connectivity index (χ3n) is 3.48. The van der Waals surface area contributed by atoms with E-state index in [-0.39, 0.29) is 0 Å². The molecule has 90 valence electrons. The predicted octanol–water partition coefficient (Wildman–Crippen LogP) is 1.76. The Kier molecular flexibility index (Phi) is 3.05. The Morgan fingerprint density at radius 3 is 2.82 bits per heavy atom. The van der Waals surface area contributed by atoms with E-state index < -0.39 is 0 Å². The summed E-state index contributed by atoms with van der Waals surface area (Å²) in [7, 11) is 0. The van der Waals surface area contributed by atoms with Crippen LogP contribution in [0.25, 0.3) is 5.65 Å². The van der Waals surface area contributed by atoms with Gasteiger partial charge in [-0.2, -0.15) is 0 Å². The molecule has 0 atom stereocenters. The number of rotatable bonds is 3. The molecule has 3 rings (SSSR count). The minimum Gasteiger partial charge on any atom is -0.303 e. The first-order valence-corrected chi connectivity index (χ1v) is 6.44. The number of fused-ring (bicyclic) bond motifs is 1. The highest BCUT2D eigenvalue weighted by atomic mass is 15.2. The largest absolute Gasteiger partial charge is 0.303 e. The summed E-state index contributed by atoms with van der Waals surface area (Å²) in [5.74, 6) is 1.08. The summed E-state index contributed by atoms with van der Waals surface area (Å²) in [5.41, 5.74) is 0.946. The molecule has 0 unspecified atom stereocenters. The Balaban J connectivity index is 1.68. The van der Waals surface area contributed by atoms with Crippen LogP contribution in [0.4, 0.5) is 0 Å². The van der Waals surface area contributed by atoms with Crippen LogP contribution in [0.2, 0.25) is 0 Å². The van der Waals surface area contributed by atoms with Crippen LogP contribution < -0.4 is 0 Å². The lowest BCUT2D eigenvalue weighted by Crippen LogP contribution is -2.31. The molecule has 0 N–H and O–H groups in total. The lowest BCUT2D eigenvalue weighted by molar-refractivity contribution is 0.230. The third kappa shape index (κ3) is 2.31. The van der Waals surface area contributed by atoms with E-state index >= 15 is 0 Å². The van der Waals surface area contributed by atoms with Gasteiger partial charge >= 0.3 is 0 Å². The highest BCUT2D eigenvalue weighted by Gasteiger charge is 2.11. The summed E-state index contributed by atoms with van der Waals surface area (Å²) in [6.07, 6.45) is 7.12. The topological polar surface area (TPSA) is 33.4 Å². The van der Waals surface area contributed by atoms with Gasteiger partial charge in [-0.25, -0.2) is 0 Å². The molecule has 0 spiro atoms. The molecular weight excluding hydrogens is 212 g/mol. The van der Waals surface area contributed by atoms with Crippen LogP contribution in [0.3, 0.4) is 0 Å². The summed E-state index contributed by atoms with van der Waals surface area (Å²) in [4.78, 5) is 2.54. The first-order chi connectivity index (χ1) is 8.43. The molecule has 0 radical (unpaired) electrons. The summed E-state index contributed by atoms with van der Waals surface area (Å²) in [6, 6.07) is 6.02. The minimum absolute atomic E-state index is 0.946. The Morgan fingerprint density at radius 1 is 1.06 bits per heavy atom. The number of nitrogens with zero attached hydrogens (tertiary/aromatic N) is 4. The molecule has 0 aromatic carbocycles. The quantitative estimate of drug-likeness (QED) is 0.805. The molecule has 0 aliphatic carbocycles. The van der Waals surface area contributed by atoms with Gasteiger partial charge in [-0.1, -0.05) is 12.5 Å². The molecule has 0 saturated carbocycles. The van der Waals surface area contributed by atoms with Crippen LogP contribution in [0, 0.1) is 0 Å². The van der Waals surface area contributed by atoms with Crippen LogP contribution in [0.15, 0.2) is 24.4 Å². The molecule has 2 aromatic rings. The van der Waals surface area contributed by atoms with Crippen molar-refractivity contribution in [3.05, 3.63) is 30.2 Å². The minimum atomic E-state index is 0.946. The zero-order valence-electron chi connectivity index (χ0n) is 10.0. The second kappa shape index (κ2) is 4.84. The van der Waals surface area contributed by atoms with Crippen molar-refractivity contribution in [2.45, 2.75) is 25.7 Å². The van der Waals surface area contributed by atoms with Crippen LogP contribution in [0.1, 0.15) is 25.1 Å². The maximum Gasteiger partial charge on any atom is 0.160 e. The van der Waals surface area contributed by atoms with Crippen molar-refractivity contribution < 1.29 is 0 Å². The van der Waals surface area contributed by atoms with Gasteiger partial charge in [0.1, 0.15) is 5.82 Å². The van der Waals surface area contributed by atoms with Gasteiger partial charge in [0.05, 0.1) is 0 Å². The highest BCUT2D eigenvalue weighted by molar-refractivity contribution is 5.36. The van der Waals surface area contributed by atoms with Crippen LogP contribution in [-0.2, 0) is 6.42 Å². The smallest absolute Gasteiger partial charge is 0.160 e. The van der Waals surface area contributed by atoms with Gasteiger partial charge in [0.2, 0.25) is 0 Å². The van der Waals surface area contributed by atoms with Crippen molar-refractivity contribution in [3.8, 4) is 0 Å². The van der Waals surface area contributed by atoms with Gasteiger partial charge in [-0.15, -0.1) is 10.2 Å². The molecule has 3 heterocycles. The van der Waals surface area contributed by atoms with Crippen LogP contribution >= 0.6 is 0 Å². The lowest BCUT2D eigenvalue weighted by Gasteiger charge is -2.25. The summed E-state index contributed by atoms with van der Waals surface area (Å²) in [5, 5.41) is 8.44. The van der Waals surface area contributed by atoms with E-state index in [2.05, 4.69) is 19.5 Å². The fourth-order valence-electron chi connectivity index (χ4n) is 2.50. The van der Waals surface area contributed by atoms with Gasteiger partial charge in [-0.05, 0) is 38.1 Å². The summed E-state index contributed by atoms with van der Waals surface area (Å²) >= 11 is 0. The first-order valence-electron chi connectivity index (χ1n) is 6.44. The van der Waals surface area contributed by atoms with E-state index in [4.69, 9.17) is 0 Å². The number of piperidine rings is 1. The number of hydrogen-bond donors (Lipinski definition) is 0. The number of pyridine rings is 1. The average Bonchev–Trinajstić information content (AvgIpc) is 2.81. The van der Waals surface area contributed by atoms with Crippen molar-refractivity contribution in [2.75, 3.05) is 19.6 Å². The molecule has 2 aromatic heterocycles. The van der Waals surface area contributed by atoms with Gasteiger partial charge in [0.25, 0.3) is 0 Å². The van der Waals surface area contributed by atoms with Crippen molar-refractivity contribution >= 4 is 5.65 Å². The Labute approximate surface area is 101 Å². The summed E-state index contributed by atoms with van der Waals surface area (Å²) in [6.45, 7) is 3.60. The molecule has 4 heteroatoms. The Morgan fingerprint density at radius 2 is 1.94 bits per heavy atom. The first kappa shape index (κ1) is 10.7. The van der Waals surface area contributed by atoms with E-state index in [1.165, 1.54) is 32.4 Å². The molecule has 1 saturated heterocycles. The van der Waals surface area contributed by atoms with E-state index in [1.807, 2.05) is 24.4 Å². The van der Waals surface area contributed by atoms with Gasteiger partial charge in [0.15, 0.2) is 5.65 Å². The van der Waals surface area contributed by atoms with Crippen LogP contribution in [0.5, 0.6) is 0 Å². The molecule has 17 heavy (non-hydrogen) atoms. The van der Waals surface area contributed by atoms with Crippen molar-refractivity contribution in [3.63, 3.8) is 0 Å². The molecule has 0 amide bonds. The van der Waals surface area contributed by atoms with Gasteiger partial charge < -0.3 is 4.90 Å². The Hall–Kier alpha value is -1.42. The van der Waals surface area contributed by atoms with Crippen molar-refractivity contribution in [1.29, 1.82) is 0 Å². The zero-order chi connectivity index (χ0) is 11.5. The monoisotopic (exact) mass is 230 g/mol. The van der Waals surface area contributed by atoms with E-state index in [0.717, 1.165) is 24.4 Å². The normalized spacial score (nSPS) is 17.6. The van der Waals surface area contributed by atoms with Gasteiger partial charge in [0, 0.05) is 19.2 Å². The molecular formula is C13H18N4. The number of likely N-dealkylation sites (tertiary alicyclic amines) is 1. The van der Waals surface area contributed by atoms with E-state index in [0.29, 0.717) is 0 Å². The zero-order valence-corrected chi connectivity index (χ0v) is 10.0. The lowest BCUT2D eigenvalue weighted by atomic mass is 10.1. The molecule has 0 bridgehead atoms. The van der Waals surface area contributed by atoms with Gasteiger partial charge in [-0.3, -0.25) is 4.40 Å². The molecule has 1 fully saturated rings. The highest BCUT2D eigenvalue weighted by Crippen LogP contribution is 2.10. The predicted molar refractivity (Wildman–Crippen MR) is 67.0 cm³/mol. The molecule has 1 aliphatic rings. The Bertz CT molecular complexity index is 485. The standard InChI is InChI=1S/C13H18N4/c1-3-8-16(9-4-1)11-7-13-15-14-12-6-2-5-10-17(12)13/h2,5-6,10H,1,3-4,7-9,11H2. The second-order valence-electron chi connectivity index (χ2n) is 4.70. The van der Waals surface area contributed by atoms with Crippen molar-refractivity contribution in [2.24, 2.45) is 0 Å². The van der Waals surface area contributed by atoms with E-state index in [9.17, 15) is 0 Å². The number of hydrogen-bond acceptors (Lipinski definition) is 3. The fourth-order valence-corrected chi connectivity index (χ4v) is 2.50. The SMILES string of the molecule is c1ccn2c(CCN3CCCCC3)nnc2c1. The second-order valence-corrected chi connectivity index (χ2v) is 4.70. The van der Waals surface area contributed by atoms with Crippen molar-refractivity contribution in [1.82, 2.24) is 19.5 Å². The number of aromatic nitrogens is 3. The summed E-state index contributed by atoms with van der Waals surface area (Å²) < 4.78 is 2.09. The maximum absolute atomic E-state index is 4.27.